The molecule has 2 saturated carbocycles. The maximum absolute atomic E-state index is 15.4. The summed E-state index contributed by atoms with van der Waals surface area (Å²) in [6, 6.07) is 17.2. The second kappa shape index (κ2) is 9.98. The lowest BCUT2D eigenvalue weighted by atomic mass is 9.71. The third-order valence-corrected chi connectivity index (χ3v) is 8.96. The van der Waals surface area contributed by atoms with Crippen molar-refractivity contribution < 1.29 is 18.7 Å². The van der Waals surface area contributed by atoms with Crippen LogP contribution in [0, 0.1) is 11.7 Å². The van der Waals surface area contributed by atoms with Gasteiger partial charge in [0.2, 0.25) is 0 Å². The van der Waals surface area contributed by atoms with Crippen LogP contribution in [0.15, 0.2) is 54.6 Å². The largest absolute Gasteiger partial charge is 0.449 e. The molecule has 3 aliphatic rings. The number of fused-ring (bicyclic) bond motifs is 2. The van der Waals surface area contributed by atoms with E-state index >= 15 is 4.39 Å². The highest BCUT2D eigenvalue weighted by molar-refractivity contribution is 5.93. The molecular formula is C32H32FN5O3. The molecule has 210 valence electrons. The zero-order valence-corrected chi connectivity index (χ0v) is 22.9. The second-order valence-corrected chi connectivity index (χ2v) is 11.7. The average Bonchev–Trinajstić information content (AvgIpc) is 3.70. The van der Waals surface area contributed by atoms with E-state index in [0.29, 0.717) is 41.7 Å². The molecule has 9 heteroatoms. The third kappa shape index (κ3) is 4.73. The van der Waals surface area contributed by atoms with Crippen LogP contribution in [0.4, 0.5) is 9.18 Å². The molecule has 2 N–H and O–H groups in total. The summed E-state index contributed by atoms with van der Waals surface area (Å²) in [6.45, 7) is 3.02. The summed E-state index contributed by atoms with van der Waals surface area (Å²) < 4.78 is 22.1. The summed E-state index contributed by atoms with van der Waals surface area (Å²) in [5, 5.41) is 4.75. The predicted molar refractivity (Wildman–Crippen MR) is 151 cm³/mol. The van der Waals surface area contributed by atoms with E-state index in [1.165, 1.54) is 11.1 Å². The van der Waals surface area contributed by atoms with E-state index < -0.39 is 6.09 Å². The Labute approximate surface area is 237 Å². The van der Waals surface area contributed by atoms with E-state index in [-0.39, 0.29) is 29.6 Å². The predicted octanol–water partition coefficient (Wildman–Crippen LogP) is 5.76. The molecule has 0 saturated heterocycles. The van der Waals surface area contributed by atoms with Crippen molar-refractivity contribution in [1.82, 2.24) is 19.5 Å². The molecule has 2 aromatic heterocycles. The smallest absolute Gasteiger partial charge is 0.404 e. The van der Waals surface area contributed by atoms with E-state index in [2.05, 4.69) is 19.1 Å². The van der Waals surface area contributed by atoms with Gasteiger partial charge in [-0.25, -0.2) is 18.7 Å². The number of hydrogen-bond donors (Lipinski definition) is 1. The number of ether oxygens (including phenoxy) is 1. The molecule has 41 heavy (non-hydrogen) atoms. The maximum Gasteiger partial charge on any atom is 0.404 e. The average molecular weight is 554 g/mol. The zero-order valence-electron chi connectivity index (χ0n) is 22.9. The van der Waals surface area contributed by atoms with E-state index in [1.54, 1.807) is 22.7 Å². The van der Waals surface area contributed by atoms with E-state index in [0.717, 1.165) is 43.4 Å². The topological polar surface area (TPSA) is 103 Å². The molecule has 2 aromatic carbocycles. The normalized spacial score (nSPS) is 21.8. The quantitative estimate of drug-likeness (QED) is 0.327. The number of aromatic nitrogens is 3. The third-order valence-electron chi connectivity index (χ3n) is 8.96. The van der Waals surface area contributed by atoms with E-state index in [1.807, 2.05) is 29.2 Å². The number of primary amides is 1. The first-order valence-corrected chi connectivity index (χ1v) is 14.4. The fraction of sp³-hybridized carbons (Fsp3) is 0.375. The first kappa shape index (κ1) is 25.7. The van der Waals surface area contributed by atoms with Gasteiger partial charge in [-0.05, 0) is 85.8 Å². The molecule has 1 aliphatic heterocycles. The summed E-state index contributed by atoms with van der Waals surface area (Å²) >= 11 is 0. The van der Waals surface area contributed by atoms with Crippen molar-refractivity contribution in [2.75, 3.05) is 13.2 Å². The van der Waals surface area contributed by atoms with Crippen LogP contribution < -0.4 is 5.73 Å². The fourth-order valence-corrected chi connectivity index (χ4v) is 6.44. The van der Waals surface area contributed by atoms with Crippen molar-refractivity contribution in [3.8, 4) is 11.3 Å². The molecule has 0 radical (unpaired) electrons. The fourth-order valence-electron chi connectivity index (χ4n) is 6.44. The molecule has 4 aromatic rings. The highest BCUT2D eigenvalue weighted by Gasteiger charge is 2.34. The molecule has 0 bridgehead atoms. The van der Waals surface area contributed by atoms with Crippen LogP contribution in [0.25, 0.3) is 16.9 Å². The van der Waals surface area contributed by atoms with Gasteiger partial charge in [0.05, 0.1) is 18.3 Å². The monoisotopic (exact) mass is 553 g/mol. The van der Waals surface area contributed by atoms with Crippen LogP contribution in [0.1, 0.15) is 83.4 Å². The highest BCUT2D eigenvalue weighted by atomic mass is 19.1. The van der Waals surface area contributed by atoms with Crippen LogP contribution in [0.5, 0.6) is 0 Å². The maximum atomic E-state index is 15.4. The standard InChI is InChI=1S/C32H32FN5O3/c1-18-24-5-3-2-4-20(24)10-11-37(18)31(39)28-15-29(21-6-7-21)38-30(35-28)16-27(36-38)25-9-8-22(14-26(25)33)23-12-19(13-23)17-41-32(34)40/h2-5,8-9,14-16,18-19,21,23H,6-7,10-13,17H2,1H3,(H2,34,40)/t18-,19?,23?/m1/s1. The van der Waals surface area contributed by atoms with Gasteiger partial charge in [-0.1, -0.05) is 30.3 Å². The number of benzene rings is 2. The van der Waals surface area contributed by atoms with Crippen LogP contribution in [0.3, 0.4) is 0 Å². The van der Waals surface area contributed by atoms with E-state index in [4.69, 9.17) is 20.6 Å². The number of nitrogens with zero attached hydrogens (tertiary/aromatic N) is 4. The van der Waals surface area contributed by atoms with Gasteiger partial charge in [-0.2, -0.15) is 5.10 Å². The molecule has 8 nitrogen and oxygen atoms in total. The lowest BCUT2D eigenvalue weighted by molar-refractivity contribution is 0.0671. The first-order chi connectivity index (χ1) is 19.9. The number of rotatable bonds is 6. The Kier molecular flexibility index (Phi) is 6.25. The minimum Gasteiger partial charge on any atom is -0.449 e. The number of carbonyl (C=O) groups is 2. The molecule has 2 amide bonds. The highest BCUT2D eigenvalue weighted by Crippen LogP contribution is 2.43. The van der Waals surface area contributed by atoms with Crippen LogP contribution in [-0.2, 0) is 11.2 Å². The van der Waals surface area contributed by atoms with Gasteiger partial charge < -0.3 is 15.4 Å². The van der Waals surface area contributed by atoms with Crippen molar-refractivity contribution in [2.24, 2.45) is 11.7 Å². The Morgan fingerprint density at radius 3 is 2.63 bits per heavy atom. The van der Waals surface area contributed by atoms with Gasteiger partial charge in [-0.3, -0.25) is 4.79 Å². The minimum atomic E-state index is -0.765. The Balaban J connectivity index is 1.15. The number of nitrogens with two attached hydrogens (primary N) is 1. The van der Waals surface area contributed by atoms with Crippen molar-refractivity contribution in [3.63, 3.8) is 0 Å². The van der Waals surface area contributed by atoms with Gasteiger partial charge >= 0.3 is 6.09 Å². The van der Waals surface area contributed by atoms with Crippen LogP contribution in [-0.4, -0.2) is 44.7 Å². The number of halogens is 1. The lowest BCUT2D eigenvalue weighted by Gasteiger charge is -2.35. The van der Waals surface area contributed by atoms with Gasteiger partial charge in [0.15, 0.2) is 5.65 Å². The molecule has 7 rings (SSSR count). The molecule has 3 heterocycles. The van der Waals surface area contributed by atoms with Crippen molar-refractivity contribution >= 4 is 17.6 Å². The summed E-state index contributed by atoms with van der Waals surface area (Å²) in [5.74, 6) is 0.362. The van der Waals surface area contributed by atoms with Gasteiger partial charge in [0, 0.05) is 29.8 Å². The minimum absolute atomic E-state index is 0.0374. The van der Waals surface area contributed by atoms with Gasteiger partial charge in [0.25, 0.3) is 5.91 Å². The molecule has 0 spiro atoms. The van der Waals surface area contributed by atoms with Crippen molar-refractivity contribution in [3.05, 3.63) is 88.5 Å². The summed E-state index contributed by atoms with van der Waals surface area (Å²) in [6.07, 6.45) is 3.77. The number of amides is 2. The molecule has 2 fully saturated rings. The summed E-state index contributed by atoms with van der Waals surface area (Å²) in [4.78, 5) is 31.2. The summed E-state index contributed by atoms with van der Waals surface area (Å²) in [7, 11) is 0. The van der Waals surface area contributed by atoms with Crippen LogP contribution in [0.2, 0.25) is 0 Å². The van der Waals surface area contributed by atoms with Crippen molar-refractivity contribution in [1.29, 1.82) is 0 Å². The SMILES string of the molecule is C[C@@H]1c2ccccc2CCN1C(=O)c1cc(C2CC2)n2nc(-c3ccc(C4CC(COC(N)=O)C4)cc3F)cc2n1. The van der Waals surface area contributed by atoms with Crippen LogP contribution >= 0.6 is 0 Å². The van der Waals surface area contributed by atoms with Gasteiger partial charge in [0.1, 0.15) is 11.5 Å². The second-order valence-electron chi connectivity index (χ2n) is 11.7. The first-order valence-electron chi connectivity index (χ1n) is 14.4. The lowest BCUT2D eigenvalue weighted by Crippen LogP contribution is -2.39. The molecule has 0 unspecified atom stereocenters. The Morgan fingerprint density at radius 2 is 1.88 bits per heavy atom. The van der Waals surface area contributed by atoms with E-state index in [9.17, 15) is 9.59 Å². The number of carbonyl (C=O) groups excluding carboxylic acids is 2. The Hall–Kier alpha value is -4.27. The Bertz CT molecular complexity index is 1670. The Morgan fingerprint density at radius 1 is 1.07 bits per heavy atom. The van der Waals surface area contributed by atoms with Crippen molar-refractivity contribution in [2.45, 2.75) is 56.9 Å². The molecule has 1 atom stereocenters. The zero-order chi connectivity index (χ0) is 28.2. The molecular weight excluding hydrogens is 521 g/mol. The number of hydrogen-bond acceptors (Lipinski definition) is 5. The summed E-state index contributed by atoms with van der Waals surface area (Å²) in [5.41, 5.74) is 11.3. The van der Waals surface area contributed by atoms with Gasteiger partial charge in [-0.15, -0.1) is 0 Å². The molecule has 2 aliphatic carbocycles.